The highest BCUT2D eigenvalue weighted by Gasteiger charge is 2.30. The van der Waals surface area contributed by atoms with Gasteiger partial charge in [0.25, 0.3) is 5.91 Å². The van der Waals surface area contributed by atoms with Crippen molar-refractivity contribution in [1.29, 1.82) is 0 Å². The summed E-state index contributed by atoms with van der Waals surface area (Å²) in [5.41, 5.74) is 0.555. The van der Waals surface area contributed by atoms with Gasteiger partial charge in [-0.2, -0.15) is 11.8 Å². The molecule has 1 fully saturated rings. The molecule has 100 valence electrons. The Morgan fingerprint density at radius 3 is 3.32 bits per heavy atom. The molecule has 2 aromatic rings. The standard InChI is InChI=1S/C13H15N3OS2/c1-18-7-9-3-2-5-16(9)13(17)11-10-4-6-19-12(10)15-8-14-11/h4,6,8-9H,2-3,5,7H2,1H3. The lowest BCUT2D eigenvalue weighted by Gasteiger charge is -2.23. The number of fused-ring (bicyclic) bond motifs is 1. The van der Waals surface area contributed by atoms with Crippen LogP contribution in [0.15, 0.2) is 17.8 Å². The molecule has 1 aliphatic heterocycles. The quantitative estimate of drug-likeness (QED) is 0.873. The first-order chi connectivity index (χ1) is 9.31. The van der Waals surface area contributed by atoms with Crippen molar-refractivity contribution >= 4 is 39.2 Å². The average molecular weight is 293 g/mol. The SMILES string of the molecule is CSCC1CCCN1C(=O)c1ncnc2sccc12. The zero-order valence-electron chi connectivity index (χ0n) is 10.7. The van der Waals surface area contributed by atoms with Crippen molar-refractivity contribution in [3.8, 4) is 0 Å². The van der Waals surface area contributed by atoms with Crippen LogP contribution in [-0.2, 0) is 0 Å². The van der Waals surface area contributed by atoms with Gasteiger partial charge in [0.2, 0.25) is 0 Å². The highest BCUT2D eigenvalue weighted by molar-refractivity contribution is 7.98. The van der Waals surface area contributed by atoms with Gasteiger partial charge in [-0.25, -0.2) is 9.97 Å². The van der Waals surface area contributed by atoms with Gasteiger partial charge in [-0.1, -0.05) is 0 Å². The molecule has 0 radical (unpaired) electrons. The third-order valence-electron chi connectivity index (χ3n) is 3.46. The monoisotopic (exact) mass is 293 g/mol. The number of carbonyl (C=O) groups excluding carboxylic acids is 1. The molecule has 0 spiro atoms. The lowest BCUT2D eigenvalue weighted by atomic mass is 10.2. The summed E-state index contributed by atoms with van der Waals surface area (Å²) in [6, 6.07) is 2.29. The van der Waals surface area contributed by atoms with Crippen molar-refractivity contribution in [3.63, 3.8) is 0 Å². The van der Waals surface area contributed by atoms with Crippen molar-refractivity contribution in [3.05, 3.63) is 23.5 Å². The number of likely N-dealkylation sites (tertiary alicyclic amines) is 1. The molecule has 19 heavy (non-hydrogen) atoms. The Morgan fingerprint density at radius 2 is 2.47 bits per heavy atom. The fraction of sp³-hybridized carbons (Fsp3) is 0.462. The van der Waals surface area contributed by atoms with E-state index in [-0.39, 0.29) is 5.91 Å². The normalized spacial score (nSPS) is 19.2. The number of thiophene rings is 1. The molecule has 0 N–H and O–H groups in total. The van der Waals surface area contributed by atoms with Gasteiger partial charge in [0, 0.05) is 23.7 Å². The molecular weight excluding hydrogens is 278 g/mol. The van der Waals surface area contributed by atoms with Crippen LogP contribution < -0.4 is 0 Å². The maximum absolute atomic E-state index is 12.7. The van der Waals surface area contributed by atoms with E-state index in [9.17, 15) is 4.79 Å². The van der Waals surface area contributed by atoms with Crippen LogP contribution >= 0.6 is 23.1 Å². The Labute approximate surface area is 120 Å². The number of hydrogen-bond donors (Lipinski definition) is 0. The van der Waals surface area contributed by atoms with Crippen molar-refractivity contribution in [2.45, 2.75) is 18.9 Å². The van der Waals surface area contributed by atoms with E-state index in [1.54, 1.807) is 23.1 Å². The van der Waals surface area contributed by atoms with Crippen molar-refractivity contribution in [1.82, 2.24) is 14.9 Å². The van der Waals surface area contributed by atoms with E-state index in [0.717, 1.165) is 35.4 Å². The molecule has 3 rings (SSSR count). The van der Waals surface area contributed by atoms with E-state index < -0.39 is 0 Å². The predicted molar refractivity (Wildman–Crippen MR) is 79.9 cm³/mol. The largest absolute Gasteiger partial charge is 0.333 e. The fourth-order valence-electron chi connectivity index (χ4n) is 2.57. The maximum atomic E-state index is 12.7. The van der Waals surface area contributed by atoms with Crippen LogP contribution in [0.3, 0.4) is 0 Å². The minimum atomic E-state index is 0.0577. The van der Waals surface area contributed by atoms with Crippen LogP contribution in [-0.4, -0.2) is 45.4 Å². The number of thioether (sulfide) groups is 1. The van der Waals surface area contributed by atoms with Gasteiger partial charge in [-0.05, 0) is 30.5 Å². The van der Waals surface area contributed by atoms with Gasteiger partial charge in [0.15, 0.2) is 0 Å². The van der Waals surface area contributed by atoms with Gasteiger partial charge >= 0.3 is 0 Å². The number of rotatable bonds is 3. The summed E-state index contributed by atoms with van der Waals surface area (Å²) in [6.07, 6.45) is 5.77. The molecule has 0 bridgehead atoms. The minimum absolute atomic E-state index is 0.0577. The maximum Gasteiger partial charge on any atom is 0.273 e. The zero-order valence-corrected chi connectivity index (χ0v) is 12.3. The summed E-state index contributed by atoms with van der Waals surface area (Å²) < 4.78 is 0. The summed E-state index contributed by atoms with van der Waals surface area (Å²) in [5, 5.41) is 2.84. The Balaban J connectivity index is 1.93. The summed E-state index contributed by atoms with van der Waals surface area (Å²) >= 11 is 3.34. The summed E-state index contributed by atoms with van der Waals surface area (Å²) in [4.78, 5) is 24.0. The predicted octanol–water partition coefficient (Wildman–Crippen LogP) is 2.66. The van der Waals surface area contributed by atoms with E-state index in [1.807, 2.05) is 16.3 Å². The van der Waals surface area contributed by atoms with Crippen LogP contribution in [0.1, 0.15) is 23.3 Å². The first kappa shape index (κ1) is 12.9. The average Bonchev–Trinajstić information content (AvgIpc) is 3.06. The van der Waals surface area contributed by atoms with E-state index in [2.05, 4.69) is 16.2 Å². The van der Waals surface area contributed by atoms with E-state index >= 15 is 0 Å². The highest BCUT2D eigenvalue weighted by atomic mass is 32.2. The highest BCUT2D eigenvalue weighted by Crippen LogP contribution is 2.26. The molecule has 2 aromatic heterocycles. The molecule has 0 aromatic carbocycles. The Hall–Kier alpha value is -1.14. The molecule has 1 unspecified atom stereocenters. The second-order valence-corrected chi connectivity index (χ2v) is 6.42. The molecule has 0 aliphatic carbocycles. The molecule has 1 aliphatic rings. The lowest BCUT2D eigenvalue weighted by molar-refractivity contribution is 0.0746. The Bertz CT molecular complexity index is 598. The van der Waals surface area contributed by atoms with Crippen molar-refractivity contribution in [2.75, 3.05) is 18.6 Å². The van der Waals surface area contributed by atoms with Crippen molar-refractivity contribution in [2.24, 2.45) is 0 Å². The number of hydrogen-bond acceptors (Lipinski definition) is 5. The van der Waals surface area contributed by atoms with Gasteiger partial charge < -0.3 is 4.90 Å². The van der Waals surface area contributed by atoms with Gasteiger partial charge in [0.1, 0.15) is 16.9 Å². The second kappa shape index (κ2) is 5.46. The topological polar surface area (TPSA) is 46.1 Å². The Morgan fingerprint density at radius 1 is 1.58 bits per heavy atom. The van der Waals surface area contributed by atoms with Crippen LogP contribution in [0.5, 0.6) is 0 Å². The Kier molecular flexibility index (Phi) is 3.70. The van der Waals surface area contributed by atoms with Gasteiger partial charge in [0.05, 0.1) is 0 Å². The first-order valence-corrected chi connectivity index (χ1v) is 8.56. The van der Waals surface area contributed by atoms with Crippen LogP contribution in [0.25, 0.3) is 10.2 Å². The second-order valence-electron chi connectivity index (χ2n) is 4.61. The molecule has 1 saturated heterocycles. The van der Waals surface area contributed by atoms with Gasteiger partial charge in [-0.3, -0.25) is 4.79 Å². The third-order valence-corrected chi connectivity index (χ3v) is 5.00. The summed E-state index contributed by atoms with van der Waals surface area (Å²) in [7, 11) is 0. The number of nitrogens with zero attached hydrogens (tertiary/aromatic N) is 3. The van der Waals surface area contributed by atoms with Crippen LogP contribution in [0, 0.1) is 0 Å². The molecular formula is C13H15N3OS2. The minimum Gasteiger partial charge on any atom is -0.333 e. The third kappa shape index (κ3) is 2.34. The fourth-order valence-corrected chi connectivity index (χ4v) is 4.03. The van der Waals surface area contributed by atoms with Crippen molar-refractivity contribution < 1.29 is 4.79 Å². The molecule has 0 saturated carbocycles. The number of carbonyl (C=O) groups is 1. The lowest BCUT2D eigenvalue weighted by Crippen LogP contribution is -2.37. The number of amides is 1. The van der Waals surface area contributed by atoms with E-state index in [1.165, 1.54) is 6.33 Å². The summed E-state index contributed by atoms with van der Waals surface area (Å²) in [6.45, 7) is 0.847. The molecule has 1 atom stereocenters. The molecule has 1 amide bonds. The molecule has 6 heteroatoms. The van der Waals surface area contributed by atoms with Gasteiger partial charge in [-0.15, -0.1) is 11.3 Å². The van der Waals surface area contributed by atoms with Crippen LogP contribution in [0.4, 0.5) is 0 Å². The zero-order chi connectivity index (χ0) is 13.2. The summed E-state index contributed by atoms with van der Waals surface area (Å²) in [5.74, 6) is 1.06. The van der Waals surface area contributed by atoms with E-state index in [4.69, 9.17) is 0 Å². The smallest absolute Gasteiger partial charge is 0.273 e. The van der Waals surface area contributed by atoms with E-state index in [0.29, 0.717) is 11.7 Å². The molecule has 4 nitrogen and oxygen atoms in total. The van der Waals surface area contributed by atoms with Crippen LogP contribution in [0.2, 0.25) is 0 Å². The number of aromatic nitrogens is 2. The molecule has 3 heterocycles. The first-order valence-electron chi connectivity index (χ1n) is 6.29.